The van der Waals surface area contributed by atoms with Crippen LogP contribution in [-0.2, 0) is 5.41 Å². The van der Waals surface area contributed by atoms with E-state index in [0.717, 1.165) is 23.5 Å². The van der Waals surface area contributed by atoms with Crippen LogP contribution in [-0.4, -0.2) is 15.0 Å². The number of nitrogen functional groups attached to an aromatic ring is 1. The van der Waals surface area contributed by atoms with E-state index in [1.54, 1.807) is 0 Å². The molecule has 1 heterocycles. The van der Waals surface area contributed by atoms with Gasteiger partial charge in [-0.1, -0.05) is 34.6 Å². The Kier molecular flexibility index (Phi) is 4.31. The number of nitrogens with zero attached hydrogens (tertiary/aromatic N) is 3. The summed E-state index contributed by atoms with van der Waals surface area (Å²) in [4.78, 5) is 13.4. The maximum atomic E-state index is 5.88. The van der Waals surface area contributed by atoms with Crippen LogP contribution >= 0.6 is 0 Å². The second-order valence-corrected chi connectivity index (χ2v) is 7.48. The van der Waals surface area contributed by atoms with Crippen molar-refractivity contribution in [2.24, 2.45) is 11.8 Å². The molecule has 0 unspecified atom stereocenters. The normalized spacial score (nSPS) is 24.1. The van der Waals surface area contributed by atoms with Gasteiger partial charge in [-0.25, -0.2) is 4.98 Å². The van der Waals surface area contributed by atoms with E-state index in [1.807, 2.05) is 0 Å². The van der Waals surface area contributed by atoms with Crippen LogP contribution in [0.4, 0.5) is 5.95 Å². The fourth-order valence-electron chi connectivity index (χ4n) is 2.97. The minimum atomic E-state index is -0.0824. The van der Waals surface area contributed by atoms with Crippen LogP contribution in [0.1, 0.15) is 77.9 Å². The van der Waals surface area contributed by atoms with Crippen molar-refractivity contribution in [2.75, 3.05) is 5.73 Å². The Morgan fingerprint density at radius 3 is 2.10 bits per heavy atom. The van der Waals surface area contributed by atoms with E-state index >= 15 is 0 Å². The Hall–Kier alpha value is -1.19. The Balaban J connectivity index is 2.16. The van der Waals surface area contributed by atoms with Gasteiger partial charge in [0.2, 0.25) is 5.95 Å². The average Bonchev–Trinajstić information content (AvgIpc) is 2.37. The molecule has 0 aliphatic heterocycles. The third-order valence-corrected chi connectivity index (χ3v) is 4.42. The maximum absolute atomic E-state index is 5.88. The van der Waals surface area contributed by atoms with Crippen molar-refractivity contribution in [3.05, 3.63) is 11.6 Å². The second kappa shape index (κ2) is 5.66. The molecule has 2 N–H and O–H groups in total. The van der Waals surface area contributed by atoms with E-state index in [4.69, 9.17) is 10.7 Å². The summed E-state index contributed by atoms with van der Waals surface area (Å²) >= 11 is 0. The highest BCUT2D eigenvalue weighted by Crippen LogP contribution is 2.37. The minimum Gasteiger partial charge on any atom is -0.368 e. The van der Waals surface area contributed by atoms with E-state index in [0.29, 0.717) is 11.9 Å². The van der Waals surface area contributed by atoms with Crippen molar-refractivity contribution in [1.29, 1.82) is 0 Å². The summed E-state index contributed by atoms with van der Waals surface area (Å²) in [6, 6.07) is 0. The molecule has 4 nitrogen and oxygen atoms in total. The van der Waals surface area contributed by atoms with Gasteiger partial charge in [-0.2, -0.15) is 9.97 Å². The molecule has 1 aliphatic rings. The first-order chi connectivity index (χ1) is 9.27. The molecule has 0 saturated heterocycles. The molecule has 1 fully saturated rings. The smallest absolute Gasteiger partial charge is 0.223 e. The van der Waals surface area contributed by atoms with Gasteiger partial charge in [0.25, 0.3) is 0 Å². The number of nitrogens with two attached hydrogens (primary N) is 1. The SMILES string of the molecule is CC(C)C1CCC(c2nc(N)nc(C(C)(C)C)n2)CC1. The molecule has 1 aliphatic carbocycles. The van der Waals surface area contributed by atoms with Crippen LogP contribution in [0.3, 0.4) is 0 Å². The molecule has 1 aromatic heterocycles. The Morgan fingerprint density at radius 2 is 1.60 bits per heavy atom. The highest BCUT2D eigenvalue weighted by molar-refractivity contribution is 5.20. The number of anilines is 1. The second-order valence-electron chi connectivity index (χ2n) is 7.48. The highest BCUT2D eigenvalue weighted by atomic mass is 15.1. The van der Waals surface area contributed by atoms with Crippen LogP contribution in [0.15, 0.2) is 0 Å². The number of rotatable bonds is 2. The summed E-state index contributed by atoms with van der Waals surface area (Å²) in [5.74, 6) is 4.18. The molecular weight excluding hydrogens is 248 g/mol. The summed E-state index contributed by atoms with van der Waals surface area (Å²) in [5.41, 5.74) is 5.79. The Bertz CT molecular complexity index is 454. The molecular formula is C16H28N4. The van der Waals surface area contributed by atoms with Crippen molar-refractivity contribution in [3.8, 4) is 0 Å². The van der Waals surface area contributed by atoms with Crippen LogP contribution in [0, 0.1) is 11.8 Å². The van der Waals surface area contributed by atoms with Crippen molar-refractivity contribution in [2.45, 2.75) is 71.6 Å². The van der Waals surface area contributed by atoms with E-state index in [1.165, 1.54) is 25.7 Å². The predicted molar refractivity (Wildman–Crippen MR) is 82.5 cm³/mol. The molecule has 0 aromatic carbocycles. The van der Waals surface area contributed by atoms with Crippen LogP contribution in [0.25, 0.3) is 0 Å². The lowest BCUT2D eigenvalue weighted by Crippen LogP contribution is -2.23. The first-order valence-electron chi connectivity index (χ1n) is 7.79. The summed E-state index contributed by atoms with van der Waals surface area (Å²) in [5, 5.41) is 0. The lowest BCUT2D eigenvalue weighted by Gasteiger charge is -2.30. The molecule has 0 atom stereocenters. The zero-order valence-electron chi connectivity index (χ0n) is 13.5. The van der Waals surface area contributed by atoms with E-state index in [2.05, 4.69) is 44.6 Å². The van der Waals surface area contributed by atoms with Crippen LogP contribution in [0.5, 0.6) is 0 Å². The fraction of sp³-hybridized carbons (Fsp3) is 0.812. The van der Waals surface area contributed by atoms with Gasteiger partial charge >= 0.3 is 0 Å². The van der Waals surface area contributed by atoms with E-state index in [-0.39, 0.29) is 5.41 Å². The summed E-state index contributed by atoms with van der Waals surface area (Å²) in [7, 11) is 0. The van der Waals surface area contributed by atoms with Gasteiger partial charge in [0, 0.05) is 11.3 Å². The van der Waals surface area contributed by atoms with Gasteiger partial charge in [-0.3, -0.25) is 0 Å². The first-order valence-corrected chi connectivity index (χ1v) is 7.79. The average molecular weight is 276 g/mol. The molecule has 1 saturated carbocycles. The Labute approximate surface area is 122 Å². The van der Waals surface area contributed by atoms with Gasteiger partial charge in [-0.15, -0.1) is 0 Å². The zero-order valence-corrected chi connectivity index (χ0v) is 13.5. The van der Waals surface area contributed by atoms with Gasteiger partial charge in [0.1, 0.15) is 11.6 Å². The van der Waals surface area contributed by atoms with Gasteiger partial charge in [0.05, 0.1) is 0 Å². The molecule has 112 valence electrons. The molecule has 20 heavy (non-hydrogen) atoms. The first kappa shape index (κ1) is 15.2. The maximum Gasteiger partial charge on any atom is 0.223 e. The van der Waals surface area contributed by atoms with Gasteiger partial charge in [-0.05, 0) is 37.5 Å². The zero-order chi connectivity index (χ0) is 14.9. The van der Waals surface area contributed by atoms with Gasteiger partial charge < -0.3 is 5.73 Å². The van der Waals surface area contributed by atoms with Crippen molar-refractivity contribution >= 4 is 5.95 Å². The molecule has 4 heteroatoms. The third-order valence-electron chi connectivity index (χ3n) is 4.42. The fourth-order valence-corrected chi connectivity index (χ4v) is 2.97. The molecule has 0 radical (unpaired) electrons. The van der Waals surface area contributed by atoms with E-state index < -0.39 is 0 Å². The number of hydrogen-bond donors (Lipinski definition) is 1. The van der Waals surface area contributed by atoms with Crippen molar-refractivity contribution in [1.82, 2.24) is 15.0 Å². The summed E-state index contributed by atoms with van der Waals surface area (Å²) in [6.45, 7) is 11.0. The quantitative estimate of drug-likeness (QED) is 0.895. The van der Waals surface area contributed by atoms with Gasteiger partial charge in [0.15, 0.2) is 0 Å². The lowest BCUT2D eigenvalue weighted by atomic mass is 9.76. The standard InChI is InChI=1S/C16H28N4/c1-10(2)11-6-8-12(9-7-11)13-18-14(16(3,4)5)20-15(17)19-13/h10-12H,6-9H2,1-5H3,(H2,17,18,19,20). The molecule has 0 bridgehead atoms. The summed E-state index contributed by atoms with van der Waals surface area (Å²) < 4.78 is 0. The number of hydrogen-bond acceptors (Lipinski definition) is 4. The molecule has 1 aromatic rings. The summed E-state index contributed by atoms with van der Waals surface area (Å²) in [6.07, 6.45) is 4.91. The van der Waals surface area contributed by atoms with Crippen molar-refractivity contribution in [3.63, 3.8) is 0 Å². The lowest BCUT2D eigenvalue weighted by molar-refractivity contribution is 0.254. The van der Waals surface area contributed by atoms with Crippen molar-refractivity contribution < 1.29 is 0 Å². The topological polar surface area (TPSA) is 64.7 Å². The van der Waals surface area contributed by atoms with Crippen LogP contribution in [0.2, 0.25) is 0 Å². The van der Waals surface area contributed by atoms with Crippen LogP contribution < -0.4 is 5.73 Å². The minimum absolute atomic E-state index is 0.0824. The highest BCUT2D eigenvalue weighted by Gasteiger charge is 2.28. The monoisotopic (exact) mass is 276 g/mol. The number of aromatic nitrogens is 3. The third kappa shape index (κ3) is 3.47. The van der Waals surface area contributed by atoms with E-state index in [9.17, 15) is 0 Å². The molecule has 0 spiro atoms. The molecule has 0 amide bonds. The predicted octanol–water partition coefficient (Wildman–Crippen LogP) is 3.68. The molecule has 2 rings (SSSR count). The Morgan fingerprint density at radius 1 is 1.00 bits per heavy atom. The largest absolute Gasteiger partial charge is 0.368 e.